The van der Waals surface area contributed by atoms with Gasteiger partial charge in [0.05, 0.1) is 12.0 Å². The van der Waals surface area contributed by atoms with Crippen molar-refractivity contribution in [3.8, 4) is 0 Å². The van der Waals surface area contributed by atoms with Crippen LogP contribution in [0, 0.1) is 0 Å². The quantitative estimate of drug-likeness (QED) is 0.337. The van der Waals surface area contributed by atoms with E-state index in [1.165, 1.54) is 0 Å². The van der Waals surface area contributed by atoms with Gasteiger partial charge in [-0.1, -0.05) is 27.4 Å². The molecule has 0 atom stereocenters. The fourth-order valence-corrected chi connectivity index (χ4v) is 2.99. The predicted octanol–water partition coefficient (Wildman–Crippen LogP) is 5.77. The van der Waals surface area contributed by atoms with E-state index in [0.29, 0.717) is 11.7 Å². The number of hydrogen-bond acceptors (Lipinski definition) is 3. The largest absolute Gasteiger partial charge is 0.545 e. The number of ether oxygens (including phenoxy) is 1. The van der Waals surface area contributed by atoms with Crippen LogP contribution in [0.25, 0.3) is 0 Å². The Morgan fingerprint density at radius 1 is 1.00 bits per heavy atom. The first-order valence-corrected chi connectivity index (χ1v) is 13.7. The van der Waals surface area contributed by atoms with Gasteiger partial charge in [0.25, 0.3) is 14.3 Å². The molecular weight excluding hydrogens is 296 g/mol. The van der Waals surface area contributed by atoms with Crippen LogP contribution >= 0.6 is 0 Å². The van der Waals surface area contributed by atoms with Crippen LogP contribution in [-0.2, 0) is 13.6 Å². The van der Waals surface area contributed by atoms with E-state index < -0.39 is 16.6 Å². The molecular formula is C16H32O3Si2. The fourth-order valence-electron chi connectivity index (χ4n) is 1.16. The summed E-state index contributed by atoms with van der Waals surface area (Å²) in [5, 5.41) is 0.138. The third-order valence-corrected chi connectivity index (χ3v) is 8.47. The zero-order valence-electron chi connectivity index (χ0n) is 15.2. The van der Waals surface area contributed by atoms with Gasteiger partial charge in [0.2, 0.25) is 8.32 Å². The molecule has 0 bridgehead atoms. The standard InChI is InChI=1S/C16H32O3Si2/c1-11-15(19-21(9,10)16(3,4)5)17-13-12-14(2)18-20(6,7)8/h11-13H,2H2,1,3-10H3/b13-12+,15-11-. The normalized spacial score (nSPS) is 14.2. The van der Waals surface area contributed by atoms with Crippen LogP contribution in [0.5, 0.6) is 0 Å². The van der Waals surface area contributed by atoms with Crippen LogP contribution in [0.15, 0.2) is 36.7 Å². The Labute approximate surface area is 132 Å². The lowest BCUT2D eigenvalue weighted by Gasteiger charge is -2.36. The van der Waals surface area contributed by atoms with Gasteiger partial charge in [-0.25, -0.2) is 0 Å². The molecule has 0 aliphatic carbocycles. The Morgan fingerprint density at radius 3 is 1.90 bits per heavy atom. The van der Waals surface area contributed by atoms with Crippen molar-refractivity contribution < 1.29 is 13.6 Å². The average molecular weight is 329 g/mol. The van der Waals surface area contributed by atoms with Crippen molar-refractivity contribution in [2.45, 2.75) is 65.5 Å². The van der Waals surface area contributed by atoms with Gasteiger partial charge < -0.3 is 13.6 Å². The van der Waals surface area contributed by atoms with Crippen LogP contribution in [0.2, 0.25) is 37.8 Å². The summed E-state index contributed by atoms with van der Waals surface area (Å²) < 4.78 is 17.4. The third kappa shape index (κ3) is 8.16. The van der Waals surface area contributed by atoms with E-state index in [1.54, 1.807) is 12.3 Å². The molecule has 0 unspecified atom stereocenters. The molecule has 0 amide bonds. The van der Waals surface area contributed by atoms with Gasteiger partial charge in [0.15, 0.2) is 0 Å². The lowest BCUT2D eigenvalue weighted by Crippen LogP contribution is -2.40. The van der Waals surface area contributed by atoms with E-state index in [4.69, 9.17) is 13.6 Å². The first-order valence-electron chi connectivity index (χ1n) is 7.35. The predicted molar refractivity (Wildman–Crippen MR) is 95.8 cm³/mol. The average Bonchev–Trinajstić information content (AvgIpc) is 2.23. The summed E-state index contributed by atoms with van der Waals surface area (Å²) in [5.41, 5.74) is 0. The van der Waals surface area contributed by atoms with Crippen LogP contribution in [0.4, 0.5) is 0 Å². The van der Waals surface area contributed by atoms with E-state index in [9.17, 15) is 0 Å². The molecule has 122 valence electrons. The second kappa shape index (κ2) is 7.36. The smallest absolute Gasteiger partial charge is 0.265 e. The maximum Gasteiger partial charge on any atom is 0.265 e. The molecule has 0 radical (unpaired) electrons. The zero-order valence-corrected chi connectivity index (χ0v) is 17.2. The highest BCUT2D eigenvalue weighted by atomic mass is 28.4. The molecule has 21 heavy (non-hydrogen) atoms. The van der Waals surface area contributed by atoms with E-state index in [2.05, 4.69) is 60.1 Å². The van der Waals surface area contributed by atoms with Crippen LogP contribution < -0.4 is 0 Å². The summed E-state index contributed by atoms with van der Waals surface area (Å²) in [6, 6.07) is 0. The van der Waals surface area contributed by atoms with Crippen molar-refractivity contribution in [1.82, 2.24) is 0 Å². The van der Waals surface area contributed by atoms with Crippen molar-refractivity contribution in [2.75, 3.05) is 0 Å². The SMILES string of the molecule is C=C(/C=C/O/C(=C/C)O[Si](C)(C)C(C)(C)C)O[Si](C)(C)C. The highest BCUT2D eigenvalue weighted by molar-refractivity contribution is 6.74. The van der Waals surface area contributed by atoms with Crippen molar-refractivity contribution in [3.05, 3.63) is 36.7 Å². The molecule has 3 nitrogen and oxygen atoms in total. The van der Waals surface area contributed by atoms with Crippen LogP contribution in [-0.4, -0.2) is 16.6 Å². The molecule has 0 aromatic carbocycles. The second-order valence-electron chi connectivity index (χ2n) is 7.57. The maximum atomic E-state index is 6.10. The van der Waals surface area contributed by atoms with Gasteiger partial charge in [-0.3, -0.25) is 0 Å². The first-order chi connectivity index (χ1) is 9.28. The summed E-state index contributed by atoms with van der Waals surface area (Å²) in [7, 11) is -3.49. The van der Waals surface area contributed by atoms with Crippen molar-refractivity contribution in [1.29, 1.82) is 0 Å². The van der Waals surface area contributed by atoms with Crippen LogP contribution in [0.1, 0.15) is 27.7 Å². The van der Waals surface area contributed by atoms with Gasteiger partial charge in [-0.15, -0.1) is 0 Å². The van der Waals surface area contributed by atoms with E-state index >= 15 is 0 Å². The number of allylic oxidation sites excluding steroid dienone is 2. The molecule has 5 heteroatoms. The Kier molecular flexibility index (Phi) is 7.03. The Balaban J connectivity index is 4.59. The minimum absolute atomic E-state index is 0.138. The second-order valence-corrected chi connectivity index (χ2v) is 16.7. The maximum absolute atomic E-state index is 6.10. The Hall–Kier alpha value is -0.946. The molecule has 0 N–H and O–H groups in total. The summed E-state index contributed by atoms with van der Waals surface area (Å²) in [5.74, 6) is 1.16. The van der Waals surface area contributed by atoms with E-state index in [0.717, 1.165) is 0 Å². The van der Waals surface area contributed by atoms with Crippen molar-refractivity contribution in [3.63, 3.8) is 0 Å². The molecule has 0 aromatic heterocycles. The molecule has 0 aliphatic heterocycles. The Bertz CT molecular complexity index is 410. The minimum Gasteiger partial charge on any atom is -0.545 e. The molecule has 0 rings (SSSR count). The summed E-state index contributed by atoms with van der Waals surface area (Å²) in [6.45, 7) is 23.1. The van der Waals surface area contributed by atoms with Gasteiger partial charge >= 0.3 is 0 Å². The number of rotatable bonds is 7. The molecule has 0 saturated carbocycles. The fraction of sp³-hybridized carbons (Fsp3) is 0.625. The Morgan fingerprint density at radius 2 is 1.52 bits per heavy atom. The summed E-state index contributed by atoms with van der Waals surface area (Å²) in [4.78, 5) is 0. The first kappa shape index (κ1) is 20.1. The number of hydrogen-bond donors (Lipinski definition) is 0. The lowest BCUT2D eigenvalue weighted by molar-refractivity contribution is 0.170. The molecule has 0 saturated heterocycles. The highest BCUT2D eigenvalue weighted by Gasteiger charge is 2.39. The molecule has 0 heterocycles. The zero-order chi connectivity index (χ0) is 16.9. The van der Waals surface area contributed by atoms with Crippen LogP contribution in [0.3, 0.4) is 0 Å². The molecule has 0 fully saturated rings. The van der Waals surface area contributed by atoms with Crippen molar-refractivity contribution >= 4 is 16.6 Å². The monoisotopic (exact) mass is 328 g/mol. The highest BCUT2D eigenvalue weighted by Crippen LogP contribution is 2.38. The van der Waals surface area contributed by atoms with E-state index in [1.807, 2.05) is 13.0 Å². The van der Waals surface area contributed by atoms with Gasteiger partial charge in [-0.05, 0) is 50.8 Å². The van der Waals surface area contributed by atoms with Gasteiger partial charge in [0, 0.05) is 6.08 Å². The molecule has 0 spiro atoms. The molecule has 0 aliphatic rings. The third-order valence-electron chi connectivity index (χ3n) is 3.27. The topological polar surface area (TPSA) is 27.7 Å². The summed E-state index contributed by atoms with van der Waals surface area (Å²) >= 11 is 0. The van der Waals surface area contributed by atoms with E-state index in [-0.39, 0.29) is 5.04 Å². The summed E-state index contributed by atoms with van der Waals surface area (Å²) in [6.07, 6.45) is 5.15. The lowest BCUT2D eigenvalue weighted by atomic mass is 10.2. The molecule has 0 aromatic rings. The van der Waals surface area contributed by atoms with Gasteiger partial charge in [-0.2, -0.15) is 0 Å². The van der Waals surface area contributed by atoms with Gasteiger partial charge in [0.1, 0.15) is 0 Å². The minimum atomic E-state index is -1.88. The van der Waals surface area contributed by atoms with Crippen molar-refractivity contribution in [2.24, 2.45) is 0 Å².